The van der Waals surface area contributed by atoms with Gasteiger partial charge in [0.2, 0.25) is 0 Å². The largest absolute Gasteiger partial charge is 0.391 e. The summed E-state index contributed by atoms with van der Waals surface area (Å²) in [5.74, 6) is 0.240. The maximum atomic E-state index is 11.3. The van der Waals surface area contributed by atoms with Crippen molar-refractivity contribution in [2.45, 2.75) is 12.5 Å². The Morgan fingerprint density at radius 2 is 2.00 bits per heavy atom. The van der Waals surface area contributed by atoms with Crippen LogP contribution in [0.4, 0.5) is 0 Å². The van der Waals surface area contributed by atoms with E-state index in [1.807, 2.05) is 35.2 Å². The summed E-state index contributed by atoms with van der Waals surface area (Å²) in [4.78, 5) is 6.68. The molecule has 0 saturated carbocycles. The number of aromatic nitrogens is 1. The minimum absolute atomic E-state index is 0.100. The fourth-order valence-corrected chi connectivity index (χ4v) is 3.70. The Hall–Kier alpha value is -1.50. The molecule has 0 unspecified atom stereocenters. The Balaban J connectivity index is 1.65. The molecule has 2 aromatic rings. The molecule has 23 heavy (non-hydrogen) atoms. The monoisotopic (exact) mass is 334 g/mol. The number of nitrogens with zero attached hydrogens (tertiary/aromatic N) is 2. The lowest BCUT2D eigenvalue weighted by molar-refractivity contribution is 0.141. The number of benzene rings is 1. The normalized spacial score (nSPS) is 22.7. The first-order valence-corrected chi connectivity index (χ1v) is 9.89. The Morgan fingerprint density at radius 3 is 2.78 bits per heavy atom. The van der Waals surface area contributed by atoms with Crippen LogP contribution in [0.1, 0.15) is 5.69 Å². The fourth-order valence-electron chi connectivity index (χ4n) is 3.11. The summed E-state index contributed by atoms with van der Waals surface area (Å²) in [6.45, 7) is 1.73. The first kappa shape index (κ1) is 16.4. The third-order valence-corrected chi connectivity index (χ3v) is 5.31. The number of sulfone groups is 1. The van der Waals surface area contributed by atoms with Gasteiger partial charge in [-0.15, -0.1) is 0 Å². The van der Waals surface area contributed by atoms with Crippen LogP contribution in [0.25, 0.3) is 10.9 Å². The highest BCUT2D eigenvalue weighted by Crippen LogP contribution is 2.22. The highest BCUT2D eigenvalue weighted by Gasteiger charge is 2.31. The van der Waals surface area contributed by atoms with Crippen LogP contribution in [0.15, 0.2) is 36.4 Å². The molecule has 0 aliphatic carbocycles. The number of rotatable bonds is 5. The number of likely N-dealkylation sites (tertiary alicyclic amines) is 1. The van der Waals surface area contributed by atoms with Crippen molar-refractivity contribution < 1.29 is 13.5 Å². The summed E-state index contributed by atoms with van der Waals surface area (Å²) in [7, 11) is -2.97. The first-order valence-electron chi connectivity index (χ1n) is 7.83. The van der Waals surface area contributed by atoms with Crippen molar-refractivity contribution >= 4 is 20.7 Å². The van der Waals surface area contributed by atoms with Crippen LogP contribution in [-0.4, -0.2) is 61.2 Å². The molecule has 1 aromatic heterocycles. The van der Waals surface area contributed by atoms with Crippen molar-refractivity contribution in [3.8, 4) is 0 Å². The molecule has 1 aliphatic rings. The lowest BCUT2D eigenvalue weighted by Crippen LogP contribution is -2.27. The molecule has 1 fully saturated rings. The maximum absolute atomic E-state index is 11.3. The van der Waals surface area contributed by atoms with E-state index in [1.54, 1.807) is 0 Å². The molecular formula is C17H22N2O3S. The van der Waals surface area contributed by atoms with Crippen LogP contribution < -0.4 is 0 Å². The van der Waals surface area contributed by atoms with Crippen LogP contribution >= 0.6 is 0 Å². The van der Waals surface area contributed by atoms with E-state index in [0.717, 1.165) is 16.6 Å². The van der Waals surface area contributed by atoms with Crippen LogP contribution in [0, 0.1) is 5.92 Å². The fraction of sp³-hybridized carbons (Fsp3) is 0.471. The van der Waals surface area contributed by atoms with Gasteiger partial charge in [0.05, 0.1) is 17.4 Å². The van der Waals surface area contributed by atoms with Crippen molar-refractivity contribution in [2.75, 3.05) is 31.6 Å². The summed E-state index contributed by atoms with van der Waals surface area (Å²) in [6.07, 6.45) is 1.53. The molecule has 1 saturated heterocycles. The van der Waals surface area contributed by atoms with Gasteiger partial charge >= 0.3 is 0 Å². The van der Waals surface area contributed by atoms with Crippen LogP contribution in [0.5, 0.6) is 0 Å². The van der Waals surface area contributed by atoms with Gasteiger partial charge in [0.25, 0.3) is 0 Å². The van der Waals surface area contributed by atoms with Gasteiger partial charge in [-0.25, -0.2) is 8.42 Å². The lowest BCUT2D eigenvalue weighted by atomic mass is 9.99. The summed E-state index contributed by atoms with van der Waals surface area (Å²) in [6, 6.07) is 12.0. The van der Waals surface area contributed by atoms with Gasteiger partial charge in [-0.2, -0.15) is 0 Å². The molecule has 0 amide bonds. The number of aliphatic hydroxyl groups is 1. The lowest BCUT2D eigenvalue weighted by Gasteiger charge is -2.15. The van der Waals surface area contributed by atoms with E-state index in [4.69, 9.17) is 0 Å². The quantitative estimate of drug-likeness (QED) is 0.887. The molecule has 1 aromatic carbocycles. The summed E-state index contributed by atoms with van der Waals surface area (Å²) in [5.41, 5.74) is 1.93. The number of fused-ring (bicyclic) bond motifs is 1. The zero-order valence-electron chi connectivity index (χ0n) is 13.2. The molecule has 0 spiro atoms. The standard InChI is InChI=1S/C17H22N2O3S/c1-23(21,22)9-8-19-11-14(17(20)12-19)10-15-7-6-13-4-2-3-5-16(13)18-15/h2-7,14,17,20H,8-12H2,1H3/t14-,17-/m1/s1. The van der Waals surface area contributed by atoms with Gasteiger partial charge in [0.15, 0.2) is 0 Å². The van der Waals surface area contributed by atoms with Crippen molar-refractivity contribution in [1.29, 1.82) is 0 Å². The average molecular weight is 334 g/mol. The number of hydrogen-bond donors (Lipinski definition) is 1. The van der Waals surface area contributed by atoms with Gasteiger partial charge in [0, 0.05) is 42.9 Å². The Morgan fingerprint density at radius 1 is 1.22 bits per heavy atom. The van der Waals surface area contributed by atoms with Gasteiger partial charge in [0.1, 0.15) is 9.84 Å². The first-order chi connectivity index (χ1) is 10.9. The van der Waals surface area contributed by atoms with Gasteiger partial charge < -0.3 is 5.11 Å². The molecule has 5 nitrogen and oxygen atoms in total. The zero-order valence-corrected chi connectivity index (χ0v) is 14.0. The van der Waals surface area contributed by atoms with Crippen LogP contribution in [0.2, 0.25) is 0 Å². The number of β-amino-alcohol motifs (C(OH)–C–C–N with tert-alkyl or cyclic N) is 1. The van der Waals surface area contributed by atoms with Crippen LogP contribution in [0.3, 0.4) is 0 Å². The topological polar surface area (TPSA) is 70.5 Å². The van der Waals surface area contributed by atoms with Crippen molar-refractivity contribution in [3.63, 3.8) is 0 Å². The summed E-state index contributed by atoms with van der Waals surface area (Å²) < 4.78 is 22.5. The minimum Gasteiger partial charge on any atom is -0.391 e. The van der Waals surface area contributed by atoms with E-state index in [-0.39, 0.29) is 11.7 Å². The van der Waals surface area contributed by atoms with Crippen molar-refractivity contribution in [1.82, 2.24) is 9.88 Å². The SMILES string of the molecule is CS(=O)(=O)CCN1C[C@@H](Cc2ccc3ccccc3n2)[C@H](O)C1. The summed E-state index contributed by atoms with van der Waals surface area (Å²) in [5, 5.41) is 11.4. The van der Waals surface area contributed by atoms with E-state index in [0.29, 0.717) is 26.1 Å². The van der Waals surface area contributed by atoms with E-state index < -0.39 is 15.9 Å². The highest BCUT2D eigenvalue weighted by molar-refractivity contribution is 7.90. The number of pyridine rings is 1. The molecule has 1 N–H and O–H groups in total. The predicted molar refractivity (Wildman–Crippen MR) is 91.1 cm³/mol. The molecule has 0 radical (unpaired) electrons. The van der Waals surface area contributed by atoms with Gasteiger partial charge in [-0.3, -0.25) is 9.88 Å². The molecular weight excluding hydrogens is 312 g/mol. The molecule has 2 atom stereocenters. The van der Waals surface area contributed by atoms with E-state index in [9.17, 15) is 13.5 Å². The molecule has 2 heterocycles. The predicted octanol–water partition coefficient (Wildman–Crippen LogP) is 1.11. The molecule has 6 heteroatoms. The van der Waals surface area contributed by atoms with Crippen molar-refractivity contribution in [3.05, 3.63) is 42.1 Å². The third kappa shape index (κ3) is 4.28. The smallest absolute Gasteiger partial charge is 0.148 e. The maximum Gasteiger partial charge on any atom is 0.148 e. The second-order valence-electron chi connectivity index (χ2n) is 6.42. The average Bonchev–Trinajstić information content (AvgIpc) is 2.85. The Labute approximate surface area is 136 Å². The van der Waals surface area contributed by atoms with Gasteiger partial charge in [-0.05, 0) is 18.6 Å². The van der Waals surface area contributed by atoms with E-state index >= 15 is 0 Å². The third-order valence-electron chi connectivity index (χ3n) is 4.39. The highest BCUT2D eigenvalue weighted by atomic mass is 32.2. The Bertz CT molecular complexity index is 791. The van der Waals surface area contributed by atoms with E-state index in [1.165, 1.54) is 6.26 Å². The molecule has 1 aliphatic heterocycles. The zero-order chi connectivity index (χ0) is 16.4. The number of para-hydroxylation sites is 1. The Kier molecular flexibility index (Phi) is 4.66. The van der Waals surface area contributed by atoms with Crippen molar-refractivity contribution in [2.24, 2.45) is 5.92 Å². The van der Waals surface area contributed by atoms with E-state index in [2.05, 4.69) is 11.1 Å². The molecule has 124 valence electrons. The molecule has 0 bridgehead atoms. The summed E-state index contributed by atoms with van der Waals surface area (Å²) >= 11 is 0. The molecule has 3 rings (SSSR count). The second-order valence-corrected chi connectivity index (χ2v) is 8.68. The van der Waals surface area contributed by atoms with Crippen LogP contribution in [-0.2, 0) is 16.3 Å². The number of hydrogen-bond acceptors (Lipinski definition) is 5. The number of aliphatic hydroxyl groups excluding tert-OH is 1. The minimum atomic E-state index is -2.97. The second kappa shape index (κ2) is 6.55. The van der Waals surface area contributed by atoms with Gasteiger partial charge in [-0.1, -0.05) is 24.3 Å².